The molecule has 0 radical (unpaired) electrons. The van der Waals surface area contributed by atoms with Crippen molar-refractivity contribution in [2.45, 2.75) is 13.3 Å². The number of fused-ring (bicyclic) bond motifs is 1. The molecule has 0 aliphatic heterocycles. The van der Waals surface area contributed by atoms with E-state index in [0.29, 0.717) is 11.3 Å². The Morgan fingerprint density at radius 3 is 2.59 bits per heavy atom. The van der Waals surface area contributed by atoms with Gasteiger partial charge in [-0.05, 0) is 36.2 Å². The maximum absolute atomic E-state index is 12.2. The van der Waals surface area contributed by atoms with E-state index >= 15 is 0 Å². The van der Waals surface area contributed by atoms with Crippen LogP contribution in [0, 0.1) is 0 Å². The van der Waals surface area contributed by atoms with Crippen molar-refractivity contribution in [1.82, 2.24) is 4.98 Å². The molecule has 3 aromatic rings. The summed E-state index contributed by atoms with van der Waals surface area (Å²) >= 11 is 0. The van der Waals surface area contributed by atoms with Crippen molar-refractivity contribution in [2.75, 3.05) is 5.32 Å². The number of benzene rings is 2. The van der Waals surface area contributed by atoms with Gasteiger partial charge in [0.25, 0.3) is 5.91 Å². The molecular weight excluding hydrogens is 276 g/mol. The summed E-state index contributed by atoms with van der Waals surface area (Å²) in [5.41, 5.74) is 2.86. The third-order valence-corrected chi connectivity index (χ3v) is 3.60. The van der Waals surface area contributed by atoms with Crippen LogP contribution in [0.25, 0.3) is 10.9 Å². The number of aromatic nitrogens is 1. The molecule has 4 nitrogen and oxygen atoms in total. The minimum Gasteiger partial charge on any atom is -0.322 e. The highest BCUT2D eigenvalue weighted by Crippen LogP contribution is 2.20. The molecule has 0 bridgehead atoms. The van der Waals surface area contributed by atoms with Crippen LogP contribution in [-0.2, 0) is 6.42 Å². The first kappa shape index (κ1) is 14.1. The Morgan fingerprint density at radius 2 is 1.86 bits per heavy atom. The topological polar surface area (TPSA) is 62.0 Å². The van der Waals surface area contributed by atoms with Crippen molar-refractivity contribution in [2.24, 2.45) is 0 Å². The summed E-state index contributed by atoms with van der Waals surface area (Å²) in [5.74, 6) is -0.172. The highest BCUT2D eigenvalue weighted by atomic mass is 16.1. The maximum atomic E-state index is 12.2. The predicted molar refractivity (Wildman–Crippen MR) is 88.3 cm³/mol. The van der Waals surface area contributed by atoms with Crippen molar-refractivity contribution in [1.29, 1.82) is 0 Å². The van der Waals surface area contributed by atoms with E-state index in [1.54, 1.807) is 24.3 Å². The summed E-state index contributed by atoms with van der Waals surface area (Å²) in [4.78, 5) is 26.6. The highest BCUT2D eigenvalue weighted by Gasteiger charge is 2.07. The molecule has 0 unspecified atom stereocenters. The summed E-state index contributed by atoms with van der Waals surface area (Å²) in [5, 5.41) is 3.85. The number of hydrogen-bond acceptors (Lipinski definition) is 2. The summed E-state index contributed by atoms with van der Waals surface area (Å²) in [6, 6.07) is 16.2. The first-order valence-electron chi connectivity index (χ1n) is 7.19. The summed E-state index contributed by atoms with van der Waals surface area (Å²) in [6.07, 6.45) is 0.788. The van der Waals surface area contributed by atoms with Crippen molar-refractivity contribution < 1.29 is 4.79 Å². The fourth-order valence-electron chi connectivity index (χ4n) is 2.50. The molecule has 3 rings (SSSR count). The van der Waals surface area contributed by atoms with Gasteiger partial charge in [-0.15, -0.1) is 0 Å². The van der Waals surface area contributed by atoms with Crippen LogP contribution in [0.2, 0.25) is 0 Å². The molecular formula is C18H16N2O2. The lowest BCUT2D eigenvalue weighted by Crippen LogP contribution is -2.12. The van der Waals surface area contributed by atoms with Crippen LogP contribution < -0.4 is 10.9 Å². The molecule has 1 amide bonds. The number of pyridine rings is 1. The van der Waals surface area contributed by atoms with E-state index in [-0.39, 0.29) is 11.5 Å². The molecule has 0 atom stereocenters. The van der Waals surface area contributed by atoms with Crippen LogP contribution in [0.3, 0.4) is 0 Å². The molecule has 0 saturated carbocycles. The van der Waals surface area contributed by atoms with E-state index in [1.165, 1.54) is 0 Å². The number of anilines is 1. The molecule has 22 heavy (non-hydrogen) atoms. The highest BCUT2D eigenvalue weighted by molar-refractivity contribution is 6.05. The van der Waals surface area contributed by atoms with Gasteiger partial charge in [0.05, 0.1) is 5.52 Å². The number of carbonyl (C=O) groups excluding carboxylic acids is 1. The average molecular weight is 292 g/mol. The minimum atomic E-state index is -0.172. The van der Waals surface area contributed by atoms with E-state index in [0.717, 1.165) is 22.9 Å². The first-order valence-corrected chi connectivity index (χ1v) is 7.19. The van der Waals surface area contributed by atoms with Crippen LogP contribution in [0.1, 0.15) is 22.8 Å². The molecule has 0 spiro atoms. The third-order valence-electron chi connectivity index (χ3n) is 3.60. The van der Waals surface area contributed by atoms with Gasteiger partial charge in [0.1, 0.15) is 0 Å². The van der Waals surface area contributed by atoms with Crippen LogP contribution in [0.5, 0.6) is 0 Å². The van der Waals surface area contributed by atoms with Crippen LogP contribution in [0.15, 0.2) is 59.4 Å². The molecule has 1 heterocycles. The van der Waals surface area contributed by atoms with E-state index < -0.39 is 0 Å². The van der Waals surface area contributed by atoms with Crippen LogP contribution >= 0.6 is 0 Å². The number of hydrogen-bond donors (Lipinski definition) is 2. The number of aromatic amines is 1. The van der Waals surface area contributed by atoms with E-state index in [2.05, 4.69) is 10.3 Å². The lowest BCUT2D eigenvalue weighted by atomic mass is 10.1. The van der Waals surface area contributed by atoms with Gasteiger partial charge in [-0.2, -0.15) is 0 Å². The minimum absolute atomic E-state index is 0.129. The van der Waals surface area contributed by atoms with E-state index in [1.807, 2.05) is 37.3 Å². The van der Waals surface area contributed by atoms with Gasteiger partial charge >= 0.3 is 0 Å². The van der Waals surface area contributed by atoms with Gasteiger partial charge in [0.2, 0.25) is 5.56 Å². The predicted octanol–water partition coefficient (Wildman–Crippen LogP) is 3.34. The monoisotopic (exact) mass is 292 g/mol. The van der Waals surface area contributed by atoms with Crippen LogP contribution in [0.4, 0.5) is 5.69 Å². The fraction of sp³-hybridized carbons (Fsp3) is 0.111. The van der Waals surface area contributed by atoms with E-state index in [9.17, 15) is 9.59 Å². The number of rotatable bonds is 3. The largest absolute Gasteiger partial charge is 0.322 e. The Balaban J connectivity index is 1.96. The average Bonchev–Trinajstić information content (AvgIpc) is 2.54. The van der Waals surface area contributed by atoms with Gasteiger partial charge in [-0.1, -0.05) is 31.2 Å². The van der Waals surface area contributed by atoms with Gasteiger partial charge < -0.3 is 10.3 Å². The standard InChI is InChI=1S/C18H16N2O2/c1-2-12-10-17(21)20-16-11-14(8-9-15(12)16)19-18(22)13-6-4-3-5-7-13/h3-11H,2H2,1H3,(H,19,22)(H,20,21). The smallest absolute Gasteiger partial charge is 0.255 e. The Bertz CT molecular complexity index is 882. The second kappa shape index (κ2) is 5.85. The van der Waals surface area contributed by atoms with Gasteiger partial charge in [-0.25, -0.2) is 0 Å². The van der Waals surface area contributed by atoms with Gasteiger partial charge in [-0.3, -0.25) is 9.59 Å². The molecule has 0 aliphatic rings. The molecule has 110 valence electrons. The first-order chi connectivity index (χ1) is 10.7. The lowest BCUT2D eigenvalue weighted by Gasteiger charge is -2.08. The number of nitrogens with one attached hydrogen (secondary N) is 2. The fourth-order valence-corrected chi connectivity index (χ4v) is 2.50. The Kier molecular flexibility index (Phi) is 3.74. The van der Waals surface area contributed by atoms with Gasteiger partial charge in [0.15, 0.2) is 0 Å². The molecule has 1 aromatic heterocycles. The normalized spacial score (nSPS) is 10.6. The molecule has 2 aromatic carbocycles. The zero-order valence-corrected chi connectivity index (χ0v) is 12.2. The van der Waals surface area contributed by atoms with Gasteiger partial charge in [0, 0.05) is 22.7 Å². The summed E-state index contributed by atoms with van der Waals surface area (Å²) < 4.78 is 0. The summed E-state index contributed by atoms with van der Waals surface area (Å²) in [6.45, 7) is 2.01. The van der Waals surface area contributed by atoms with Crippen LogP contribution in [-0.4, -0.2) is 10.9 Å². The SMILES string of the molecule is CCc1cc(=O)[nH]c2cc(NC(=O)c3ccccc3)ccc12. The zero-order valence-electron chi connectivity index (χ0n) is 12.2. The molecule has 0 aliphatic carbocycles. The lowest BCUT2D eigenvalue weighted by molar-refractivity contribution is 0.102. The Labute approximate surface area is 127 Å². The second-order valence-corrected chi connectivity index (χ2v) is 5.09. The molecule has 0 saturated heterocycles. The van der Waals surface area contributed by atoms with E-state index in [4.69, 9.17) is 0 Å². The Morgan fingerprint density at radius 1 is 1.09 bits per heavy atom. The van der Waals surface area contributed by atoms with Crippen molar-refractivity contribution >= 4 is 22.5 Å². The maximum Gasteiger partial charge on any atom is 0.255 e. The molecule has 4 heteroatoms. The molecule has 2 N–H and O–H groups in total. The number of amides is 1. The quantitative estimate of drug-likeness (QED) is 0.777. The van der Waals surface area contributed by atoms with Crippen molar-refractivity contribution in [3.63, 3.8) is 0 Å². The third kappa shape index (κ3) is 2.76. The number of aryl methyl sites for hydroxylation is 1. The Hall–Kier alpha value is -2.88. The summed E-state index contributed by atoms with van der Waals surface area (Å²) in [7, 11) is 0. The number of H-pyrrole nitrogens is 1. The molecule has 0 fully saturated rings. The second-order valence-electron chi connectivity index (χ2n) is 5.09. The van der Waals surface area contributed by atoms with Crippen molar-refractivity contribution in [3.8, 4) is 0 Å². The zero-order chi connectivity index (χ0) is 15.5. The van der Waals surface area contributed by atoms with Crippen molar-refractivity contribution in [3.05, 3.63) is 76.1 Å². The number of carbonyl (C=O) groups is 1.